The van der Waals surface area contributed by atoms with Crippen molar-refractivity contribution in [1.29, 1.82) is 0 Å². The largest absolute Gasteiger partial charge is 0.398 e. The minimum absolute atomic E-state index is 0.0513. The molecule has 9 nitrogen and oxygen atoms in total. The number of piperidine rings is 1. The normalized spacial score (nSPS) is 16.8. The minimum Gasteiger partial charge on any atom is -0.398 e. The molecule has 0 saturated carbocycles. The summed E-state index contributed by atoms with van der Waals surface area (Å²) in [5.74, 6) is 1.03. The van der Waals surface area contributed by atoms with Crippen molar-refractivity contribution >= 4 is 22.9 Å². The molecule has 0 bridgehead atoms. The lowest BCUT2D eigenvalue weighted by molar-refractivity contribution is -0.383. The van der Waals surface area contributed by atoms with Crippen LogP contribution in [0.25, 0.3) is 11.4 Å². The summed E-state index contributed by atoms with van der Waals surface area (Å²) in [7, 11) is 0. The Morgan fingerprint density at radius 2 is 2.03 bits per heavy atom. The van der Waals surface area contributed by atoms with Gasteiger partial charge < -0.3 is 21.7 Å². The van der Waals surface area contributed by atoms with Gasteiger partial charge in [0.25, 0.3) is 0 Å². The van der Waals surface area contributed by atoms with Crippen LogP contribution in [0.5, 0.6) is 0 Å². The van der Waals surface area contributed by atoms with Crippen molar-refractivity contribution in [1.82, 2.24) is 15.3 Å². The van der Waals surface area contributed by atoms with Gasteiger partial charge in [-0.1, -0.05) is 20.3 Å². The molecule has 156 valence electrons. The van der Waals surface area contributed by atoms with Gasteiger partial charge in [-0.15, -0.1) is 0 Å². The van der Waals surface area contributed by atoms with Crippen molar-refractivity contribution in [2.45, 2.75) is 45.6 Å². The van der Waals surface area contributed by atoms with Crippen LogP contribution in [0.3, 0.4) is 0 Å². The lowest BCUT2D eigenvalue weighted by Crippen LogP contribution is -2.46. The molecule has 1 fully saturated rings. The lowest BCUT2D eigenvalue weighted by atomic mass is 10.1. The molecule has 1 aliphatic rings. The lowest BCUT2D eigenvalue weighted by Gasteiger charge is -2.34. The molecule has 1 atom stereocenters. The summed E-state index contributed by atoms with van der Waals surface area (Å²) in [4.78, 5) is 22.7. The van der Waals surface area contributed by atoms with Crippen molar-refractivity contribution in [3.63, 3.8) is 0 Å². The van der Waals surface area contributed by atoms with E-state index in [9.17, 15) is 10.1 Å². The van der Waals surface area contributed by atoms with Gasteiger partial charge in [0.05, 0.1) is 4.92 Å². The van der Waals surface area contributed by atoms with Crippen molar-refractivity contribution in [2.75, 3.05) is 36.0 Å². The van der Waals surface area contributed by atoms with Gasteiger partial charge in [0.2, 0.25) is 0 Å². The third-order valence-corrected chi connectivity index (χ3v) is 5.16. The first-order valence-corrected chi connectivity index (χ1v) is 10.1. The highest BCUT2D eigenvalue weighted by Crippen LogP contribution is 2.38. The molecule has 0 aliphatic carbocycles. The minimum atomic E-state index is -0.515. The molecule has 2 aromatic rings. The molecule has 0 radical (unpaired) electrons. The summed E-state index contributed by atoms with van der Waals surface area (Å²) in [6, 6.07) is 5.39. The molecule has 9 heteroatoms. The molecule has 1 aliphatic heterocycles. The molecule has 5 N–H and O–H groups in total. The number of hydrogen-bond acceptors (Lipinski definition) is 8. The SMILES string of the molecule is CCCc1cc(N2CCCC(NCC)C2)nc(-c2c(N)ccc(N)c2[N+](=O)[O-])n1. The molecule has 1 aromatic heterocycles. The zero-order chi connectivity index (χ0) is 21.0. The number of nitro benzene ring substituents is 1. The Morgan fingerprint density at radius 1 is 1.28 bits per heavy atom. The number of nitro groups is 1. The molecular weight excluding hydrogens is 370 g/mol. The fourth-order valence-corrected chi connectivity index (χ4v) is 3.84. The van der Waals surface area contributed by atoms with E-state index in [0.29, 0.717) is 6.04 Å². The summed E-state index contributed by atoms with van der Waals surface area (Å²) in [5, 5.41) is 15.2. The average molecular weight is 399 g/mol. The second kappa shape index (κ2) is 9.04. The number of rotatable bonds is 7. The Hall–Kier alpha value is -2.94. The predicted octanol–water partition coefficient (Wildman–Crippen LogP) is 2.75. The van der Waals surface area contributed by atoms with E-state index in [4.69, 9.17) is 16.5 Å². The van der Waals surface area contributed by atoms with Crippen LogP contribution in [0.4, 0.5) is 22.9 Å². The van der Waals surface area contributed by atoms with Crippen LogP contribution in [0.1, 0.15) is 38.8 Å². The van der Waals surface area contributed by atoms with Gasteiger partial charge in [0.15, 0.2) is 5.82 Å². The van der Waals surface area contributed by atoms with Gasteiger partial charge in [-0.2, -0.15) is 0 Å². The second-order valence-corrected chi connectivity index (χ2v) is 7.36. The maximum atomic E-state index is 11.7. The average Bonchev–Trinajstić information content (AvgIpc) is 2.69. The Labute approximate surface area is 170 Å². The Balaban J connectivity index is 2.09. The fourth-order valence-electron chi connectivity index (χ4n) is 3.84. The highest BCUT2D eigenvalue weighted by atomic mass is 16.6. The summed E-state index contributed by atoms with van der Waals surface area (Å²) < 4.78 is 0. The Morgan fingerprint density at radius 3 is 2.72 bits per heavy atom. The highest BCUT2D eigenvalue weighted by Gasteiger charge is 2.27. The summed E-state index contributed by atoms with van der Waals surface area (Å²) in [5.41, 5.74) is 13.1. The number of aryl methyl sites for hydroxylation is 1. The van der Waals surface area contributed by atoms with Gasteiger partial charge >= 0.3 is 5.69 Å². The molecule has 3 rings (SSSR count). The molecule has 0 spiro atoms. The number of nitrogens with two attached hydrogens (primary N) is 2. The third kappa shape index (κ3) is 4.56. The summed E-state index contributed by atoms with van der Waals surface area (Å²) in [6.45, 7) is 6.81. The smallest absolute Gasteiger partial charge is 0.305 e. The number of benzene rings is 1. The molecule has 0 amide bonds. The zero-order valence-electron chi connectivity index (χ0n) is 17.0. The quantitative estimate of drug-likeness (QED) is 0.367. The van der Waals surface area contributed by atoms with Gasteiger partial charge in [0, 0.05) is 36.6 Å². The number of nitrogens with one attached hydrogen (secondary N) is 1. The highest BCUT2D eigenvalue weighted by molar-refractivity contribution is 5.87. The monoisotopic (exact) mass is 399 g/mol. The second-order valence-electron chi connectivity index (χ2n) is 7.36. The van der Waals surface area contributed by atoms with Crippen molar-refractivity contribution in [3.8, 4) is 11.4 Å². The Bertz CT molecular complexity index is 885. The van der Waals surface area contributed by atoms with E-state index in [2.05, 4.69) is 29.0 Å². The molecule has 1 unspecified atom stereocenters. The van der Waals surface area contributed by atoms with Crippen LogP contribution in [-0.2, 0) is 6.42 Å². The van der Waals surface area contributed by atoms with Gasteiger partial charge in [-0.25, -0.2) is 9.97 Å². The first-order chi connectivity index (χ1) is 13.9. The van der Waals surface area contributed by atoms with Crippen LogP contribution >= 0.6 is 0 Å². The first kappa shape index (κ1) is 20.8. The maximum Gasteiger partial charge on any atom is 0.305 e. The van der Waals surface area contributed by atoms with E-state index in [0.717, 1.165) is 56.8 Å². The topological polar surface area (TPSA) is 136 Å². The van der Waals surface area contributed by atoms with Crippen molar-refractivity contribution < 1.29 is 4.92 Å². The van der Waals surface area contributed by atoms with Gasteiger partial charge in [-0.05, 0) is 37.9 Å². The van der Waals surface area contributed by atoms with E-state index in [-0.39, 0.29) is 28.5 Å². The van der Waals surface area contributed by atoms with E-state index in [1.54, 1.807) is 6.07 Å². The van der Waals surface area contributed by atoms with E-state index in [1.165, 1.54) is 6.07 Å². The van der Waals surface area contributed by atoms with Crippen LogP contribution in [0.15, 0.2) is 18.2 Å². The van der Waals surface area contributed by atoms with Gasteiger partial charge in [0.1, 0.15) is 17.1 Å². The number of likely N-dealkylation sites (N-methyl/N-ethyl adjacent to an activating group) is 1. The number of hydrogen-bond donors (Lipinski definition) is 3. The third-order valence-electron chi connectivity index (χ3n) is 5.16. The van der Waals surface area contributed by atoms with Crippen molar-refractivity contribution in [3.05, 3.63) is 34.0 Å². The zero-order valence-corrected chi connectivity index (χ0v) is 17.0. The molecule has 1 saturated heterocycles. The number of anilines is 3. The Kier molecular flexibility index (Phi) is 6.48. The first-order valence-electron chi connectivity index (χ1n) is 10.1. The summed E-state index contributed by atoms with van der Waals surface area (Å²) >= 11 is 0. The van der Waals surface area contributed by atoms with Crippen LogP contribution in [-0.4, -0.2) is 40.6 Å². The fraction of sp³-hybridized carbons (Fsp3) is 0.500. The van der Waals surface area contributed by atoms with Crippen molar-refractivity contribution in [2.24, 2.45) is 0 Å². The van der Waals surface area contributed by atoms with Crippen LogP contribution < -0.4 is 21.7 Å². The number of nitrogens with zero attached hydrogens (tertiary/aromatic N) is 4. The van der Waals surface area contributed by atoms with E-state index in [1.807, 2.05) is 6.07 Å². The van der Waals surface area contributed by atoms with E-state index < -0.39 is 4.92 Å². The number of aromatic nitrogens is 2. The predicted molar refractivity (Wildman–Crippen MR) is 116 cm³/mol. The molecule has 2 heterocycles. The summed E-state index contributed by atoms with van der Waals surface area (Å²) in [6.07, 6.45) is 3.84. The molecule has 1 aromatic carbocycles. The number of nitrogen functional groups attached to an aromatic ring is 2. The maximum absolute atomic E-state index is 11.7. The van der Waals surface area contributed by atoms with Crippen LogP contribution in [0.2, 0.25) is 0 Å². The van der Waals surface area contributed by atoms with Crippen LogP contribution in [0, 0.1) is 10.1 Å². The molecule has 29 heavy (non-hydrogen) atoms. The molecular formula is C20H29N7O2. The standard InChI is InChI=1S/C20H29N7O2/c1-3-6-13-11-17(26-10-5-7-14(12-26)23-4-2)25-20(24-13)18-15(21)8-9-16(22)19(18)27(28)29/h8-9,11,14,23H,3-7,10,12,21-22H2,1-2H3. The van der Waals surface area contributed by atoms with E-state index >= 15 is 0 Å². The van der Waals surface area contributed by atoms with Gasteiger partial charge in [-0.3, -0.25) is 10.1 Å².